The summed E-state index contributed by atoms with van der Waals surface area (Å²) in [6.45, 7) is 6.79. The Labute approximate surface area is 115 Å². The Balaban J connectivity index is 2.34. The predicted octanol–water partition coefficient (Wildman–Crippen LogP) is 2.32. The van der Waals surface area contributed by atoms with E-state index in [1.807, 2.05) is 18.7 Å². The topological polar surface area (TPSA) is 75.8 Å². The van der Waals surface area contributed by atoms with Gasteiger partial charge in [-0.1, -0.05) is 0 Å². The molecule has 1 aliphatic heterocycles. The molecule has 3 atom stereocenters. The van der Waals surface area contributed by atoms with Crippen LogP contribution in [0, 0.1) is 10.1 Å². The molecule has 0 bridgehead atoms. The standard InChI is InChI=1S/C12H18N2O4S/c1-7-5-13(6-8(2)18-7)12-10(14(16)17)4-11(19-12)9(3)15/h4,7-9,15H,5-6H2,1-3H3/t7-,8+,9?. The first-order valence-electron chi connectivity index (χ1n) is 6.25. The van der Waals surface area contributed by atoms with E-state index in [2.05, 4.69) is 0 Å². The predicted molar refractivity (Wildman–Crippen MR) is 73.8 cm³/mol. The van der Waals surface area contributed by atoms with Gasteiger partial charge < -0.3 is 14.7 Å². The highest BCUT2D eigenvalue weighted by Crippen LogP contribution is 2.41. The fourth-order valence-corrected chi connectivity index (χ4v) is 3.38. The van der Waals surface area contributed by atoms with Crippen LogP contribution in [0.1, 0.15) is 31.8 Å². The number of aliphatic hydroxyl groups excluding tert-OH is 1. The molecule has 106 valence electrons. The van der Waals surface area contributed by atoms with Crippen LogP contribution < -0.4 is 4.90 Å². The van der Waals surface area contributed by atoms with Crippen molar-refractivity contribution >= 4 is 22.0 Å². The summed E-state index contributed by atoms with van der Waals surface area (Å²) in [6, 6.07) is 1.47. The number of hydrogen-bond donors (Lipinski definition) is 1. The second-order valence-electron chi connectivity index (χ2n) is 4.93. The summed E-state index contributed by atoms with van der Waals surface area (Å²) in [6.07, 6.45) is -0.603. The monoisotopic (exact) mass is 286 g/mol. The van der Waals surface area contributed by atoms with E-state index in [0.717, 1.165) is 0 Å². The minimum absolute atomic E-state index is 0.0421. The third-order valence-electron chi connectivity index (χ3n) is 3.03. The van der Waals surface area contributed by atoms with Crippen LogP contribution in [0.5, 0.6) is 0 Å². The van der Waals surface area contributed by atoms with Crippen molar-refractivity contribution in [2.24, 2.45) is 0 Å². The zero-order chi connectivity index (χ0) is 14.2. The molecule has 2 heterocycles. The van der Waals surface area contributed by atoms with E-state index in [-0.39, 0.29) is 22.8 Å². The number of rotatable bonds is 3. The second kappa shape index (κ2) is 5.44. The van der Waals surface area contributed by atoms with Crippen LogP contribution in [0.25, 0.3) is 0 Å². The maximum Gasteiger partial charge on any atom is 0.304 e. The van der Waals surface area contributed by atoms with Crippen LogP contribution in [0.2, 0.25) is 0 Å². The summed E-state index contributed by atoms with van der Waals surface area (Å²) < 4.78 is 5.64. The van der Waals surface area contributed by atoms with Crippen molar-refractivity contribution in [3.05, 3.63) is 21.1 Å². The van der Waals surface area contributed by atoms with Gasteiger partial charge in [-0.3, -0.25) is 10.1 Å². The second-order valence-corrected chi connectivity index (χ2v) is 6.00. The molecule has 1 N–H and O–H groups in total. The van der Waals surface area contributed by atoms with Crippen LogP contribution in [0.3, 0.4) is 0 Å². The van der Waals surface area contributed by atoms with E-state index in [0.29, 0.717) is 23.0 Å². The Bertz CT molecular complexity index is 464. The van der Waals surface area contributed by atoms with Crippen molar-refractivity contribution in [1.82, 2.24) is 0 Å². The molecule has 1 aromatic rings. The first kappa shape index (κ1) is 14.2. The van der Waals surface area contributed by atoms with E-state index in [1.165, 1.54) is 17.4 Å². The number of nitrogens with zero attached hydrogens (tertiary/aromatic N) is 2. The lowest BCUT2D eigenvalue weighted by molar-refractivity contribution is -0.383. The maximum absolute atomic E-state index is 11.1. The Kier molecular flexibility index (Phi) is 4.07. The molecular formula is C12H18N2O4S. The van der Waals surface area contributed by atoms with Gasteiger partial charge in [0.2, 0.25) is 0 Å². The van der Waals surface area contributed by atoms with Gasteiger partial charge >= 0.3 is 5.69 Å². The highest BCUT2D eigenvalue weighted by molar-refractivity contribution is 7.16. The molecule has 6 nitrogen and oxygen atoms in total. The van der Waals surface area contributed by atoms with Crippen molar-refractivity contribution in [2.75, 3.05) is 18.0 Å². The van der Waals surface area contributed by atoms with Gasteiger partial charge in [-0.05, 0) is 20.8 Å². The SMILES string of the molecule is CC(O)c1cc([N+](=O)[O-])c(N2C[C@@H](C)O[C@@H](C)C2)s1. The molecule has 0 aliphatic carbocycles. The minimum atomic E-state index is -0.687. The third kappa shape index (κ3) is 3.05. The van der Waals surface area contributed by atoms with Crippen molar-refractivity contribution in [3.8, 4) is 0 Å². The third-order valence-corrected chi connectivity index (χ3v) is 4.38. The van der Waals surface area contributed by atoms with Crippen molar-refractivity contribution < 1.29 is 14.8 Å². The Morgan fingerprint density at radius 1 is 1.53 bits per heavy atom. The molecule has 0 saturated carbocycles. The number of morpholine rings is 1. The molecule has 0 radical (unpaired) electrons. The Hall–Kier alpha value is -1.18. The Morgan fingerprint density at radius 2 is 2.11 bits per heavy atom. The maximum atomic E-state index is 11.1. The molecule has 2 rings (SSSR count). The zero-order valence-electron chi connectivity index (χ0n) is 11.2. The van der Waals surface area contributed by atoms with Crippen LogP contribution in [0.15, 0.2) is 6.07 Å². The molecule has 7 heteroatoms. The van der Waals surface area contributed by atoms with E-state index in [4.69, 9.17) is 4.74 Å². The van der Waals surface area contributed by atoms with Crippen LogP contribution in [0.4, 0.5) is 10.7 Å². The van der Waals surface area contributed by atoms with Crippen LogP contribution in [-0.4, -0.2) is 35.3 Å². The van der Waals surface area contributed by atoms with Gasteiger partial charge in [0.05, 0.1) is 23.2 Å². The fourth-order valence-electron chi connectivity index (χ4n) is 2.30. The number of hydrogen-bond acceptors (Lipinski definition) is 6. The van der Waals surface area contributed by atoms with E-state index < -0.39 is 6.10 Å². The van der Waals surface area contributed by atoms with Crippen molar-refractivity contribution in [2.45, 2.75) is 39.1 Å². The summed E-state index contributed by atoms with van der Waals surface area (Å²) in [4.78, 5) is 13.3. The van der Waals surface area contributed by atoms with Crippen LogP contribution in [-0.2, 0) is 4.74 Å². The summed E-state index contributed by atoms with van der Waals surface area (Å²) >= 11 is 1.29. The molecule has 0 aromatic carbocycles. The summed E-state index contributed by atoms with van der Waals surface area (Å²) in [5.74, 6) is 0. The van der Waals surface area contributed by atoms with Gasteiger partial charge in [-0.15, -0.1) is 11.3 Å². The largest absolute Gasteiger partial charge is 0.388 e. The number of anilines is 1. The molecule has 1 unspecified atom stereocenters. The first-order valence-corrected chi connectivity index (χ1v) is 7.06. The molecule has 19 heavy (non-hydrogen) atoms. The first-order chi connectivity index (χ1) is 8.88. The average Bonchev–Trinajstić information content (AvgIpc) is 2.72. The van der Waals surface area contributed by atoms with Gasteiger partial charge in [0.25, 0.3) is 0 Å². The van der Waals surface area contributed by atoms with Crippen molar-refractivity contribution in [3.63, 3.8) is 0 Å². The lowest BCUT2D eigenvalue weighted by Crippen LogP contribution is -2.45. The smallest absolute Gasteiger partial charge is 0.304 e. The lowest BCUT2D eigenvalue weighted by atomic mass is 10.2. The highest BCUT2D eigenvalue weighted by Gasteiger charge is 2.30. The normalized spacial score (nSPS) is 25.4. The van der Waals surface area contributed by atoms with Gasteiger partial charge in [-0.25, -0.2) is 0 Å². The number of nitro groups is 1. The average molecular weight is 286 g/mol. The highest BCUT2D eigenvalue weighted by atomic mass is 32.1. The summed E-state index contributed by atoms with van der Waals surface area (Å²) in [7, 11) is 0. The number of ether oxygens (including phenoxy) is 1. The summed E-state index contributed by atoms with van der Waals surface area (Å²) in [5, 5.41) is 21.3. The fraction of sp³-hybridized carbons (Fsp3) is 0.667. The molecule has 1 aliphatic rings. The molecule has 0 spiro atoms. The van der Waals surface area contributed by atoms with E-state index in [1.54, 1.807) is 6.92 Å². The Morgan fingerprint density at radius 3 is 2.58 bits per heavy atom. The van der Waals surface area contributed by atoms with Gasteiger partial charge in [0, 0.05) is 24.0 Å². The quantitative estimate of drug-likeness (QED) is 0.681. The molecular weight excluding hydrogens is 268 g/mol. The molecule has 1 saturated heterocycles. The van der Waals surface area contributed by atoms with Gasteiger partial charge in [-0.2, -0.15) is 0 Å². The molecule has 1 aromatic heterocycles. The number of thiophene rings is 1. The van der Waals surface area contributed by atoms with Gasteiger partial charge in [0.1, 0.15) is 0 Å². The summed E-state index contributed by atoms with van der Waals surface area (Å²) in [5.41, 5.74) is 0.0715. The van der Waals surface area contributed by atoms with Crippen LogP contribution >= 0.6 is 11.3 Å². The zero-order valence-corrected chi connectivity index (χ0v) is 12.0. The van der Waals surface area contributed by atoms with E-state index >= 15 is 0 Å². The van der Waals surface area contributed by atoms with E-state index in [9.17, 15) is 15.2 Å². The minimum Gasteiger partial charge on any atom is -0.388 e. The lowest BCUT2D eigenvalue weighted by Gasteiger charge is -2.35. The molecule has 1 fully saturated rings. The number of aliphatic hydroxyl groups is 1. The van der Waals surface area contributed by atoms with Gasteiger partial charge in [0.15, 0.2) is 5.00 Å². The van der Waals surface area contributed by atoms with Crippen molar-refractivity contribution in [1.29, 1.82) is 0 Å². The molecule has 0 amide bonds.